The van der Waals surface area contributed by atoms with E-state index in [1.807, 2.05) is 0 Å². The highest BCUT2D eigenvalue weighted by molar-refractivity contribution is 6.10. The van der Waals surface area contributed by atoms with Crippen LogP contribution in [0.2, 0.25) is 0 Å². The Morgan fingerprint density at radius 2 is 2.00 bits per heavy atom. The number of anilines is 1. The van der Waals surface area contributed by atoms with Crippen LogP contribution in [-0.4, -0.2) is 25.9 Å². The Morgan fingerprint density at radius 1 is 1.25 bits per heavy atom. The molecule has 7 nitrogen and oxygen atoms in total. The highest BCUT2D eigenvalue weighted by Gasteiger charge is 2.15. The van der Waals surface area contributed by atoms with Crippen molar-refractivity contribution in [3.05, 3.63) is 52.6 Å². The van der Waals surface area contributed by atoms with Crippen molar-refractivity contribution in [2.24, 2.45) is 7.05 Å². The summed E-state index contributed by atoms with van der Waals surface area (Å²) in [5, 5.41) is 13.8. The molecule has 1 amide bonds. The van der Waals surface area contributed by atoms with Gasteiger partial charge in [-0.3, -0.25) is 14.3 Å². The molecule has 7 heteroatoms. The molecule has 2 aromatic heterocycles. The number of carbonyl (C=O) groups is 1. The highest BCUT2D eigenvalue weighted by atomic mass is 16.2. The average Bonchev–Trinajstić information content (AvgIpc) is 2.85. The van der Waals surface area contributed by atoms with Gasteiger partial charge in [0, 0.05) is 18.5 Å². The number of carbonyl (C=O) groups excluding carboxylic acids is 1. The predicted molar refractivity (Wildman–Crippen MR) is 73.5 cm³/mol. The first-order valence-electron chi connectivity index (χ1n) is 5.93. The van der Waals surface area contributed by atoms with Crippen LogP contribution in [0.3, 0.4) is 0 Å². The number of aromatic amines is 1. The van der Waals surface area contributed by atoms with Gasteiger partial charge in [0.25, 0.3) is 11.5 Å². The first-order valence-corrected chi connectivity index (χ1v) is 5.93. The van der Waals surface area contributed by atoms with Crippen molar-refractivity contribution in [2.45, 2.75) is 0 Å². The molecule has 1 aromatic carbocycles. The lowest BCUT2D eigenvalue weighted by Gasteiger charge is -2.06. The molecule has 0 atom stereocenters. The van der Waals surface area contributed by atoms with Crippen LogP contribution in [0.15, 0.2) is 41.3 Å². The minimum atomic E-state index is -0.402. The fourth-order valence-corrected chi connectivity index (χ4v) is 1.96. The van der Waals surface area contributed by atoms with Gasteiger partial charge < -0.3 is 5.32 Å². The Hall–Kier alpha value is -2.96. The summed E-state index contributed by atoms with van der Waals surface area (Å²) in [5.74, 6) is 0.146. The summed E-state index contributed by atoms with van der Waals surface area (Å²) in [6.45, 7) is 0. The molecule has 0 unspecified atom stereocenters. The third-order valence-corrected chi connectivity index (χ3v) is 2.97. The molecule has 3 rings (SSSR count). The van der Waals surface area contributed by atoms with Crippen molar-refractivity contribution in [2.75, 3.05) is 5.32 Å². The number of fused-ring (bicyclic) bond motifs is 1. The molecule has 2 N–H and O–H groups in total. The van der Waals surface area contributed by atoms with Gasteiger partial charge in [0.05, 0.1) is 11.6 Å². The number of benzene rings is 1. The van der Waals surface area contributed by atoms with Crippen LogP contribution >= 0.6 is 0 Å². The quantitative estimate of drug-likeness (QED) is 0.723. The lowest BCUT2D eigenvalue weighted by atomic mass is 10.1. The van der Waals surface area contributed by atoms with Gasteiger partial charge >= 0.3 is 0 Å². The van der Waals surface area contributed by atoms with E-state index in [9.17, 15) is 9.59 Å². The third kappa shape index (κ3) is 1.95. The molecule has 20 heavy (non-hydrogen) atoms. The molecule has 0 aliphatic heterocycles. The summed E-state index contributed by atoms with van der Waals surface area (Å²) in [7, 11) is 1.72. The van der Waals surface area contributed by atoms with Gasteiger partial charge in [0.15, 0.2) is 5.69 Å². The molecule has 0 aliphatic rings. The number of H-pyrrole nitrogens is 1. The van der Waals surface area contributed by atoms with E-state index in [0.717, 1.165) is 0 Å². The second kappa shape index (κ2) is 4.61. The molecule has 0 radical (unpaired) electrons. The molecular formula is C13H11N5O2. The number of rotatable bonds is 2. The first kappa shape index (κ1) is 12.1. The smallest absolute Gasteiger partial charge is 0.277 e. The summed E-state index contributed by atoms with van der Waals surface area (Å²) in [6.07, 6.45) is 1.58. The summed E-state index contributed by atoms with van der Waals surface area (Å²) in [5.41, 5.74) is -0.154. The van der Waals surface area contributed by atoms with Crippen LogP contribution in [0.1, 0.15) is 10.5 Å². The van der Waals surface area contributed by atoms with Crippen LogP contribution in [0.5, 0.6) is 0 Å². The molecule has 0 bridgehead atoms. The Kier molecular flexibility index (Phi) is 2.79. The Balaban J connectivity index is 2.06. The van der Waals surface area contributed by atoms with Crippen LogP contribution in [0.25, 0.3) is 10.8 Å². The molecule has 100 valence electrons. The fourth-order valence-electron chi connectivity index (χ4n) is 1.96. The lowest BCUT2D eigenvalue weighted by Crippen LogP contribution is -2.20. The van der Waals surface area contributed by atoms with Crippen molar-refractivity contribution in [3.8, 4) is 0 Å². The zero-order valence-electron chi connectivity index (χ0n) is 10.6. The van der Waals surface area contributed by atoms with Crippen molar-refractivity contribution >= 4 is 22.5 Å². The number of amides is 1. The summed E-state index contributed by atoms with van der Waals surface area (Å²) >= 11 is 0. The van der Waals surface area contributed by atoms with Crippen molar-refractivity contribution in [1.82, 2.24) is 20.0 Å². The standard InChI is InChI=1S/C13H11N5O2/c1-18-10(6-7-14-18)15-13(20)11-8-4-2-3-5-9(8)12(19)17-16-11/h2-7H,1H3,(H,15,20)(H,17,19). The van der Waals surface area contributed by atoms with Gasteiger partial charge in [0.2, 0.25) is 0 Å². The minimum Gasteiger partial charge on any atom is -0.305 e. The van der Waals surface area contributed by atoms with E-state index in [0.29, 0.717) is 16.6 Å². The van der Waals surface area contributed by atoms with Crippen LogP contribution in [0, 0.1) is 0 Å². The summed E-state index contributed by atoms with van der Waals surface area (Å²) < 4.78 is 1.53. The zero-order chi connectivity index (χ0) is 14.1. The first-order chi connectivity index (χ1) is 9.66. The van der Waals surface area contributed by atoms with Gasteiger partial charge in [-0.25, -0.2) is 5.10 Å². The van der Waals surface area contributed by atoms with Gasteiger partial charge in [-0.15, -0.1) is 0 Å². The number of nitrogens with one attached hydrogen (secondary N) is 2. The molecular weight excluding hydrogens is 258 g/mol. The Labute approximate surface area is 113 Å². The summed E-state index contributed by atoms with van der Waals surface area (Å²) in [4.78, 5) is 23.9. The van der Waals surface area contributed by atoms with Gasteiger partial charge in [-0.2, -0.15) is 10.2 Å². The fraction of sp³-hybridized carbons (Fsp3) is 0.0769. The van der Waals surface area contributed by atoms with E-state index < -0.39 is 5.91 Å². The minimum absolute atomic E-state index is 0.168. The highest BCUT2D eigenvalue weighted by Crippen LogP contribution is 2.14. The number of nitrogens with zero attached hydrogens (tertiary/aromatic N) is 3. The van der Waals surface area contributed by atoms with Crippen molar-refractivity contribution < 1.29 is 4.79 Å². The van der Waals surface area contributed by atoms with Crippen LogP contribution in [-0.2, 0) is 7.05 Å². The average molecular weight is 269 g/mol. The SMILES string of the molecule is Cn1nccc1NC(=O)c1n[nH]c(=O)c2ccccc12. The molecule has 0 saturated heterocycles. The topological polar surface area (TPSA) is 92.7 Å². The van der Waals surface area contributed by atoms with Crippen LogP contribution < -0.4 is 10.9 Å². The van der Waals surface area contributed by atoms with Gasteiger partial charge in [0.1, 0.15) is 5.82 Å². The number of aryl methyl sites for hydroxylation is 1. The van der Waals surface area contributed by atoms with E-state index in [1.54, 1.807) is 43.6 Å². The molecule has 0 aliphatic carbocycles. The van der Waals surface area contributed by atoms with Crippen LogP contribution in [0.4, 0.5) is 5.82 Å². The molecule has 0 fully saturated rings. The number of hydrogen-bond donors (Lipinski definition) is 2. The predicted octanol–water partition coefficient (Wildman–Crippen LogP) is 0.909. The monoisotopic (exact) mass is 269 g/mol. The maximum atomic E-state index is 12.3. The molecule has 3 aromatic rings. The number of hydrogen-bond acceptors (Lipinski definition) is 4. The Morgan fingerprint density at radius 3 is 2.70 bits per heavy atom. The van der Waals surface area contributed by atoms with Crippen molar-refractivity contribution in [1.29, 1.82) is 0 Å². The normalized spacial score (nSPS) is 10.7. The van der Waals surface area contributed by atoms with Gasteiger partial charge in [-0.05, 0) is 6.07 Å². The van der Waals surface area contributed by atoms with E-state index in [1.165, 1.54) is 4.68 Å². The molecule has 0 saturated carbocycles. The largest absolute Gasteiger partial charge is 0.305 e. The Bertz CT molecular complexity index is 849. The maximum absolute atomic E-state index is 12.3. The number of aromatic nitrogens is 4. The van der Waals surface area contributed by atoms with Crippen molar-refractivity contribution in [3.63, 3.8) is 0 Å². The van der Waals surface area contributed by atoms with Gasteiger partial charge in [-0.1, -0.05) is 18.2 Å². The third-order valence-electron chi connectivity index (χ3n) is 2.97. The molecule has 0 spiro atoms. The second-order valence-corrected chi connectivity index (χ2v) is 4.24. The summed E-state index contributed by atoms with van der Waals surface area (Å²) in [6, 6.07) is 8.50. The maximum Gasteiger partial charge on any atom is 0.277 e. The zero-order valence-corrected chi connectivity index (χ0v) is 10.6. The van der Waals surface area contributed by atoms with E-state index in [-0.39, 0.29) is 11.3 Å². The molecule has 2 heterocycles. The lowest BCUT2D eigenvalue weighted by molar-refractivity contribution is 0.102. The van der Waals surface area contributed by atoms with E-state index >= 15 is 0 Å². The second-order valence-electron chi connectivity index (χ2n) is 4.24. The van der Waals surface area contributed by atoms with E-state index in [2.05, 4.69) is 20.6 Å². The van der Waals surface area contributed by atoms with E-state index in [4.69, 9.17) is 0 Å².